The van der Waals surface area contributed by atoms with E-state index < -0.39 is 0 Å². The maximum absolute atomic E-state index is 2.45. The Labute approximate surface area is 81.0 Å². The summed E-state index contributed by atoms with van der Waals surface area (Å²) in [5, 5.41) is 0. The highest BCUT2D eigenvalue weighted by Gasteiger charge is 2.09. The topological polar surface area (TPSA) is 0 Å². The van der Waals surface area contributed by atoms with Gasteiger partial charge in [-0.05, 0) is 56.6 Å². The zero-order valence-corrected chi connectivity index (χ0v) is 8.47. The average molecular weight is 174 g/mol. The molecule has 0 heteroatoms. The molecule has 0 saturated heterocycles. The fourth-order valence-corrected chi connectivity index (χ4v) is 2.13. The SMILES string of the molecule is CC1=CCC(C2=CCCCC2)=CC1. The third-order valence-electron chi connectivity index (χ3n) is 3.04. The Morgan fingerprint density at radius 1 is 0.923 bits per heavy atom. The Morgan fingerprint density at radius 2 is 1.85 bits per heavy atom. The summed E-state index contributed by atoms with van der Waals surface area (Å²) >= 11 is 0. The lowest BCUT2D eigenvalue weighted by atomic mass is 9.88. The van der Waals surface area contributed by atoms with Crippen LogP contribution in [0.2, 0.25) is 0 Å². The van der Waals surface area contributed by atoms with Gasteiger partial charge in [0.05, 0.1) is 0 Å². The molecule has 0 amide bonds. The fraction of sp³-hybridized carbons (Fsp3) is 0.538. The summed E-state index contributed by atoms with van der Waals surface area (Å²) < 4.78 is 0. The first kappa shape index (κ1) is 8.80. The van der Waals surface area contributed by atoms with Crippen LogP contribution in [-0.4, -0.2) is 0 Å². The van der Waals surface area contributed by atoms with E-state index in [1.54, 1.807) is 11.1 Å². The lowest BCUT2D eigenvalue weighted by Gasteiger charge is -2.18. The zero-order chi connectivity index (χ0) is 9.10. The van der Waals surface area contributed by atoms with Crippen LogP contribution >= 0.6 is 0 Å². The molecule has 0 bridgehead atoms. The highest BCUT2D eigenvalue weighted by atomic mass is 14.2. The van der Waals surface area contributed by atoms with Crippen molar-refractivity contribution < 1.29 is 0 Å². The monoisotopic (exact) mass is 174 g/mol. The largest absolute Gasteiger partial charge is 0.0810 e. The van der Waals surface area contributed by atoms with E-state index >= 15 is 0 Å². The summed E-state index contributed by atoms with van der Waals surface area (Å²) in [6, 6.07) is 0. The van der Waals surface area contributed by atoms with Crippen molar-refractivity contribution in [3.63, 3.8) is 0 Å². The van der Waals surface area contributed by atoms with Crippen LogP contribution in [0.25, 0.3) is 0 Å². The highest BCUT2D eigenvalue weighted by molar-refractivity contribution is 5.37. The summed E-state index contributed by atoms with van der Waals surface area (Å²) in [4.78, 5) is 0. The normalized spacial score (nSPS) is 23.3. The molecule has 0 aromatic heterocycles. The van der Waals surface area contributed by atoms with Crippen molar-refractivity contribution in [2.24, 2.45) is 0 Å². The first-order valence-electron chi connectivity index (χ1n) is 5.40. The van der Waals surface area contributed by atoms with Crippen LogP contribution in [0.3, 0.4) is 0 Å². The third kappa shape index (κ3) is 2.12. The summed E-state index contributed by atoms with van der Waals surface area (Å²) in [6.07, 6.45) is 15.0. The van der Waals surface area contributed by atoms with Crippen LogP contribution < -0.4 is 0 Å². The van der Waals surface area contributed by atoms with Gasteiger partial charge in [0.15, 0.2) is 0 Å². The molecule has 2 aliphatic rings. The Bertz CT molecular complexity index is 276. The molecule has 0 aromatic rings. The van der Waals surface area contributed by atoms with Crippen LogP contribution in [0.5, 0.6) is 0 Å². The van der Waals surface area contributed by atoms with Gasteiger partial charge in [-0.2, -0.15) is 0 Å². The quantitative estimate of drug-likeness (QED) is 0.524. The van der Waals surface area contributed by atoms with E-state index in [9.17, 15) is 0 Å². The maximum atomic E-state index is 2.45. The van der Waals surface area contributed by atoms with Crippen molar-refractivity contribution in [1.29, 1.82) is 0 Å². The van der Waals surface area contributed by atoms with Gasteiger partial charge >= 0.3 is 0 Å². The van der Waals surface area contributed by atoms with Crippen LogP contribution in [0.1, 0.15) is 45.4 Å². The summed E-state index contributed by atoms with van der Waals surface area (Å²) in [5.74, 6) is 0. The van der Waals surface area contributed by atoms with E-state index in [0.717, 1.165) is 0 Å². The lowest BCUT2D eigenvalue weighted by Crippen LogP contribution is -1.98. The van der Waals surface area contributed by atoms with Gasteiger partial charge in [0.2, 0.25) is 0 Å². The standard InChI is InChI=1S/C13H18/c1-11-7-9-13(10-8-11)12-5-3-2-4-6-12/h5,7,10H,2-4,6,8-9H2,1H3. The van der Waals surface area contributed by atoms with Crippen LogP contribution in [0.15, 0.2) is 34.9 Å². The molecular formula is C13H18. The number of rotatable bonds is 1. The average Bonchev–Trinajstić information content (AvgIpc) is 2.20. The van der Waals surface area contributed by atoms with Gasteiger partial charge in [0.25, 0.3) is 0 Å². The Kier molecular flexibility index (Phi) is 2.68. The van der Waals surface area contributed by atoms with E-state index in [0.29, 0.717) is 0 Å². The predicted octanol–water partition coefficient (Wildman–Crippen LogP) is 4.15. The second kappa shape index (κ2) is 3.95. The molecule has 2 rings (SSSR count). The molecule has 0 aliphatic heterocycles. The molecule has 0 radical (unpaired) electrons. The molecule has 0 unspecified atom stereocenters. The molecular weight excluding hydrogens is 156 g/mol. The second-order valence-corrected chi connectivity index (χ2v) is 4.16. The highest BCUT2D eigenvalue weighted by Crippen LogP contribution is 2.29. The minimum atomic E-state index is 1.17. The molecule has 0 saturated carbocycles. The van der Waals surface area contributed by atoms with E-state index in [2.05, 4.69) is 25.2 Å². The molecule has 70 valence electrons. The zero-order valence-electron chi connectivity index (χ0n) is 8.47. The number of allylic oxidation sites excluding steroid dienone is 6. The molecule has 0 heterocycles. The van der Waals surface area contributed by atoms with Crippen molar-refractivity contribution in [2.75, 3.05) is 0 Å². The van der Waals surface area contributed by atoms with Crippen molar-refractivity contribution in [3.8, 4) is 0 Å². The van der Waals surface area contributed by atoms with Crippen molar-refractivity contribution in [2.45, 2.75) is 45.4 Å². The lowest BCUT2D eigenvalue weighted by molar-refractivity contribution is 0.702. The number of hydrogen-bond donors (Lipinski definition) is 0. The molecule has 0 atom stereocenters. The Balaban J connectivity index is 2.05. The van der Waals surface area contributed by atoms with Crippen molar-refractivity contribution in [3.05, 3.63) is 34.9 Å². The predicted molar refractivity (Wildman–Crippen MR) is 57.6 cm³/mol. The molecule has 0 spiro atoms. The van der Waals surface area contributed by atoms with E-state index in [-0.39, 0.29) is 0 Å². The first-order chi connectivity index (χ1) is 6.36. The first-order valence-corrected chi connectivity index (χ1v) is 5.40. The molecule has 0 nitrogen and oxygen atoms in total. The third-order valence-corrected chi connectivity index (χ3v) is 3.04. The van der Waals surface area contributed by atoms with Gasteiger partial charge in [0.1, 0.15) is 0 Å². The van der Waals surface area contributed by atoms with Crippen LogP contribution in [0, 0.1) is 0 Å². The van der Waals surface area contributed by atoms with E-state index in [1.807, 2.05) is 0 Å². The molecule has 0 aromatic carbocycles. The van der Waals surface area contributed by atoms with Crippen LogP contribution in [-0.2, 0) is 0 Å². The van der Waals surface area contributed by atoms with Gasteiger partial charge in [0, 0.05) is 0 Å². The molecule has 0 fully saturated rings. The molecule has 0 N–H and O–H groups in total. The second-order valence-electron chi connectivity index (χ2n) is 4.16. The van der Waals surface area contributed by atoms with Crippen molar-refractivity contribution >= 4 is 0 Å². The van der Waals surface area contributed by atoms with E-state index in [4.69, 9.17) is 0 Å². The molecule has 13 heavy (non-hydrogen) atoms. The fourth-order valence-electron chi connectivity index (χ4n) is 2.13. The van der Waals surface area contributed by atoms with Crippen molar-refractivity contribution in [1.82, 2.24) is 0 Å². The van der Waals surface area contributed by atoms with E-state index in [1.165, 1.54) is 44.1 Å². The Hall–Kier alpha value is -0.780. The smallest absolute Gasteiger partial charge is 0.00952 e. The van der Waals surface area contributed by atoms with Gasteiger partial charge in [-0.1, -0.05) is 23.8 Å². The summed E-state index contributed by atoms with van der Waals surface area (Å²) in [7, 11) is 0. The van der Waals surface area contributed by atoms with Gasteiger partial charge in [-0.3, -0.25) is 0 Å². The number of hydrogen-bond acceptors (Lipinski definition) is 0. The van der Waals surface area contributed by atoms with Gasteiger partial charge in [-0.15, -0.1) is 0 Å². The van der Waals surface area contributed by atoms with Crippen LogP contribution in [0.4, 0.5) is 0 Å². The summed E-state index contributed by atoms with van der Waals surface area (Å²) in [5.41, 5.74) is 4.76. The van der Waals surface area contributed by atoms with Gasteiger partial charge in [-0.25, -0.2) is 0 Å². The molecule has 2 aliphatic carbocycles. The maximum Gasteiger partial charge on any atom is -0.00952 e. The minimum Gasteiger partial charge on any atom is -0.0810 e. The van der Waals surface area contributed by atoms with Gasteiger partial charge < -0.3 is 0 Å². The summed E-state index contributed by atoms with van der Waals surface area (Å²) in [6.45, 7) is 2.22. The Morgan fingerprint density at radius 3 is 2.46 bits per heavy atom. The minimum absolute atomic E-state index is 1.17.